The van der Waals surface area contributed by atoms with E-state index < -0.39 is 0 Å². The van der Waals surface area contributed by atoms with Crippen LogP contribution in [0.3, 0.4) is 0 Å². The summed E-state index contributed by atoms with van der Waals surface area (Å²) in [7, 11) is 1.85. The Bertz CT molecular complexity index is 648. The highest BCUT2D eigenvalue weighted by molar-refractivity contribution is 7.09. The predicted octanol–water partition coefficient (Wildman–Crippen LogP) is 3.67. The molecule has 1 aromatic heterocycles. The maximum Gasteiger partial charge on any atom is 0.227 e. The highest BCUT2D eigenvalue weighted by atomic mass is 32.1. The number of rotatable bonds is 3. The zero-order valence-corrected chi connectivity index (χ0v) is 12.7. The Hall–Kier alpha value is -1.68. The molecule has 1 amide bonds. The van der Waals surface area contributed by atoms with E-state index in [2.05, 4.69) is 24.4 Å². The third-order valence-corrected chi connectivity index (χ3v) is 4.64. The number of nitrogens with zero attached hydrogens (tertiary/aromatic N) is 2. The van der Waals surface area contributed by atoms with Gasteiger partial charge in [0.1, 0.15) is 0 Å². The summed E-state index contributed by atoms with van der Waals surface area (Å²) in [4.78, 5) is 18.1. The molecule has 104 valence electrons. The highest BCUT2D eigenvalue weighted by Crippen LogP contribution is 2.31. The maximum atomic E-state index is 11.7. The zero-order chi connectivity index (χ0) is 14.1. The number of carbonyl (C=O) groups is 1. The monoisotopic (exact) mass is 286 g/mol. The maximum absolute atomic E-state index is 11.7. The summed E-state index contributed by atoms with van der Waals surface area (Å²) in [6.07, 6.45) is 3.61. The lowest BCUT2D eigenvalue weighted by Crippen LogP contribution is -2.30. The van der Waals surface area contributed by atoms with Crippen molar-refractivity contribution >= 4 is 22.9 Å². The number of hydrogen-bond acceptors (Lipinski definition) is 3. The second-order valence-corrected chi connectivity index (χ2v) is 6.12. The average Bonchev–Trinajstić information content (AvgIpc) is 2.92. The normalized spacial score (nSPS) is 14.5. The number of benzene rings is 1. The van der Waals surface area contributed by atoms with E-state index in [1.54, 1.807) is 16.2 Å². The number of hydrogen-bond donors (Lipinski definition) is 0. The molecule has 0 fully saturated rings. The van der Waals surface area contributed by atoms with Gasteiger partial charge in [-0.15, -0.1) is 11.3 Å². The van der Waals surface area contributed by atoms with Crippen LogP contribution in [-0.2, 0) is 17.6 Å². The van der Waals surface area contributed by atoms with Crippen LogP contribution in [0.2, 0.25) is 0 Å². The molecule has 2 heterocycles. The molecule has 0 aliphatic carbocycles. The summed E-state index contributed by atoms with van der Waals surface area (Å²) in [6.45, 7) is 2.17. The lowest BCUT2D eigenvalue weighted by atomic mass is 9.98. The molecule has 1 aromatic carbocycles. The Balaban J connectivity index is 1.93. The first-order valence-corrected chi connectivity index (χ1v) is 7.91. The van der Waals surface area contributed by atoms with Crippen LogP contribution >= 0.6 is 11.3 Å². The fourth-order valence-electron chi connectivity index (χ4n) is 2.59. The lowest BCUT2D eigenvalue weighted by Gasteiger charge is -2.26. The molecular weight excluding hydrogens is 268 g/mol. The van der Waals surface area contributed by atoms with Gasteiger partial charge in [-0.1, -0.05) is 13.0 Å². The number of thiazole rings is 1. The number of aryl methyl sites for hydroxylation is 2. The number of fused-ring (bicyclic) bond motifs is 1. The van der Waals surface area contributed by atoms with Gasteiger partial charge in [-0.25, -0.2) is 4.98 Å². The van der Waals surface area contributed by atoms with Crippen molar-refractivity contribution in [2.75, 3.05) is 11.9 Å². The van der Waals surface area contributed by atoms with Gasteiger partial charge in [0.25, 0.3) is 0 Å². The van der Waals surface area contributed by atoms with Gasteiger partial charge < -0.3 is 4.90 Å². The van der Waals surface area contributed by atoms with Gasteiger partial charge in [0.2, 0.25) is 5.91 Å². The van der Waals surface area contributed by atoms with Crippen LogP contribution in [0.25, 0.3) is 11.3 Å². The van der Waals surface area contributed by atoms with Crippen molar-refractivity contribution in [2.24, 2.45) is 0 Å². The topological polar surface area (TPSA) is 33.2 Å². The van der Waals surface area contributed by atoms with Gasteiger partial charge in [0.05, 0.1) is 10.7 Å². The standard InChI is InChI=1S/C16H18N2OS/c1-3-4-15-17-13(10-20-15)11-5-7-14-12(9-11)6-8-16(19)18(14)2/h5,7,9-10H,3-4,6,8H2,1-2H3. The number of anilines is 1. The van der Waals surface area contributed by atoms with E-state index in [1.807, 2.05) is 13.1 Å². The zero-order valence-electron chi connectivity index (χ0n) is 11.8. The first kappa shape index (κ1) is 13.3. The van der Waals surface area contributed by atoms with E-state index in [-0.39, 0.29) is 5.91 Å². The van der Waals surface area contributed by atoms with Crippen molar-refractivity contribution in [3.05, 3.63) is 34.2 Å². The Labute approximate surface area is 123 Å². The molecule has 3 nitrogen and oxygen atoms in total. The van der Waals surface area contributed by atoms with Crippen LogP contribution in [0, 0.1) is 0 Å². The molecule has 0 saturated carbocycles. The van der Waals surface area contributed by atoms with Crippen LogP contribution in [0.4, 0.5) is 5.69 Å². The third kappa shape index (κ3) is 2.36. The summed E-state index contributed by atoms with van der Waals surface area (Å²) < 4.78 is 0. The molecule has 1 aliphatic heterocycles. The summed E-state index contributed by atoms with van der Waals surface area (Å²) in [5, 5.41) is 3.33. The molecule has 0 atom stereocenters. The van der Waals surface area contributed by atoms with Crippen molar-refractivity contribution in [3.63, 3.8) is 0 Å². The largest absolute Gasteiger partial charge is 0.315 e. The molecule has 0 unspecified atom stereocenters. The first-order chi connectivity index (χ1) is 9.69. The highest BCUT2D eigenvalue weighted by Gasteiger charge is 2.21. The molecule has 0 N–H and O–H groups in total. The Morgan fingerprint density at radius 2 is 2.20 bits per heavy atom. The molecule has 3 rings (SSSR count). The Kier molecular flexibility index (Phi) is 3.57. The van der Waals surface area contributed by atoms with Gasteiger partial charge in [-0.3, -0.25) is 4.79 Å². The van der Waals surface area contributed by atoms with E-state index >= 15 is 0 Å². The SMILES string of the molecule is CCCc1nc(-c2ccc3c(c2)CCC(=O)N3C)cs1. The van der Waals surface area contributed by atoms with Gasteiger partial charge in [-0.2, -0.15) is 0 Å². The minimum absolute atomic E-state index is 0.198. The predicted molar refractivity (Wildman–Crippen MR) is 83.3 cm³/mol. The van der Waals surface area contributed by atoms with E-state index in [0.29, 0.717) is 6.42 Å². The van der Waals surface area contributed by atoms with Gasteiger partial charge in [-0.05, 0) is 37.0 Å². The van der Waals surface area contributed by atoms with Crippen molar-refractivity contribution in [3.8, 4) is 11.3 Å². The molecule has 1 aliphatic rings. The van der Waals surface area contributed by atoms with E-state index in [4.69, 9.17) is 4.98 Å². The number of aromatic nitrogens is 1. The smallest absolute Gasteiger partial charge is 0.227 e. The third-order valence-electron chi connectivity index (χ3n) is 3.73. The second-order valence-electron chi connectivity index (χ2n) is 5.17. The number of carbonyl (C=O) groups excluding carboxylic acids is 1. The van der Waals surface area contributed by atoms with Gasteiger partial charge >= 0.3 is 0 Å². The summed E-state index contributed by atoms with van der Waals surface area (Å²) in [5.74, 6) is 0.198. The molecule has 4 heteroatoms. The van der Waals surface area contributed by atoms with Crippen molar-refractivity contribution in [2.45, 2.75) is 32.6 Å². The quantitative estimate of drug-likeness (QED) is 0.862. The fourth-order valence-corrected chi connectivity index (χ4v) is 3.50. The molecule has 0 bridgehead atoms. The van der Waals surface area contributed by atoms with Crippen LogP contribution in [0.5, 0.6) is 0 Å². The molecule has 2 aromatic rings. The molecule has 20 heavy (non-hydrogen) atoms. The summed E-state index contributed by atoms with van der Waals surface area (Å²) >= 11 is 1.73. The Morgan fingerprint density at radius 3 is 3.00 bits per heavy atom. The van der Waals surface area contributed by atoms with Crippen molar-refractivity contribution < 1.29 is 4.79 Å². The fraction of sp³-hybridized carbons (Fsp3) is 0.375. The second kappa shape index (κ2) is 5.37. The van der Waals surface area contributed by atoms with Crippen molar-refractivity contribution in [1.82, 2.24) is 4.98 Å². The van der Waals surface area contributed by atoms with Crippen LogP contribution in [0.15, 0.2) is 23.6 Å². The minimum Gasteiger partial charge on any atom is -0.315 e. The van der Waals surface area contributed by atoms with Crippen molar-refractivity contribution in [1.29, 1.82) is 0 Å². The van der Waals surface area contributed by atoms with Gasteiger partial charge in [0, 0.05) is 30.1 Å². The van der Waals surface area contributed by atoms with Gasteiger partial charge in [0.15, 0.2) is 0 Å². The van der Waals surface area contributed by atoms with E-state index in [0.717, 1.165) is 36.2 Å². The first-order valence-electron chi connectivity index (χ1n) is 7.03. The summed E-state index contributed by atoms with van der Waals surface area (Å²) in [6, 6.07) is 6.29. The van der Waals surface area contributed by atoms with Crippen LogP contribution < -0.4 is 4.90 Å². The molecule has 0 spiro atoms. The number of amides is 1. The van der Waals surface area contributed by atoms with Crippen LogP contribution in [-0.4, -0.2) is 17.9 Å². The van der Waals surface area contributed by atoms with Crippen LogP contribution in [0.1, 0.15) is 30.3 Å². The van der Waals surface area contributed by atoms with E-state index in [9.17, 15) is 4.79 Å². The summed E-state index contributed by atoms with van der Waals surface area (Å²) in [5.41, 5.74) is 4.49. The van der Waals surface area contributed by atoms with E-state index in [1.165, 1.54) is 10.6 Å². The Morgan fingerprint density at radius 1 is 1.35 bits per heavy atom. The molecule has 0 saturated heterocycles. The molecule has 0 radical (unpaired) electrons. The molecular formula is C16H18N2OS. The minimum atomic E-state index is 0.198. The lowest BCUT2D eigenvalue weighted by molar-refractivity contribution is -0.118. The average molecular weight is 286 g/mol.